The van der Waals surface area contributed by atoms with E-state index >= 15 is 0 Å². The number of carboxylic acids is 1. The number of nitrogens with zero attached hydrogens (tertiary/aromatic N) is 3. The number of hydrogen-bond acceptors (Lipinski definition) is 5. The molecule has 0 unspecified atom stereocenters. The van der Waals surface area contributed by atoms with Crippen LogP contribution in [0.25, 0.3) is 0 Å². The minimum Gasteiger partial charge on any atom is -0.480 e. The monoisotopic (exact) mass is 330 g/mol. The van der Waals surface area contributed by atoms with Crippen LogP contribution < -0.4 is 4.72 Å². The van der Waals surface area contributed by atoms with Crippen molar-refractivity contribution in [3.05, 3.63) is 11.9 Å². The first kappa shape index (κ1) is 17.4. The standard InChI is InChI=1S/C9H13F3N4O4S/c10-9(11,12)2-1-3-21(19,20)13-4-7-5-16(15-14-7)6-8(17)18/h5,13H,1-4,6H2,(H,17,18). The highest BCUT2D eigenvalue weighted by Crippen LogP contribution is 2.21. The lowest BCUT2D eigenvalue weighted by atomic mass is 10.3. The molecule has 0 aromatic carbocycles. The largest absolute Gasteiger partial charge is 0.480 e. The number of carbonyl (C=O) groups is 1. The number of aromatic nitrogens is 3. The van der Waals surface area contributed by atoms with Gasteiger partial charge in [-0.3, -0.25) is 4.79 Å². The number of aliphatic carboxylic acids is 1. The van der Waals surface area contributed by atoms with Gasteiger partial charge in [0.1, 0.15) is 6.54 Å². The fourth-order valence-electron chi connectivity index (χ4n) is 1.35. The molecule has 0 fully saturated rings. The maximum atomic E-state index is 11.9. The Morgan fingerprint density at radius 3 is 2.67 bits per heavy atom. The van der Waals surface area contributed by atoms with Gasteiger partial charge in [-0.2, -0.15) is 13.2 Å². The Morgan fingerprint density at radius 1 is 1.43 bits per heavy atom. The molecule has 12 heteroatoms. The number of rotatable bonds is 8. The lowest BCUT2D eigenvalue weighted by Gasteiger charge is -2.07. The summed E-state index contributed by atoms with van der Waals surface area (Å²) in [6.45, 7) is -0.695. The van der Waals surface area contributed by atoms with Gasteiger partial charge in [0, 0.05) is 6.42 Å². The van der Waals surface area contributed by atoms with Crippen molar-refractivity contribution < 1.29 is 31.5 Å². The van der Waals surface area contributed by atoms with Crippen LogP contribution in [0, 0.1) is 0 Å². The van der Waals surface area contributed by atoms with Gasteiger partial charge in [0.2, 0.25) is 10.0 Å². The summed E-state index contributed by atoms with van der Waals surface area (Å²) in [6, 6.07) is 0. The van der Waals surface area contributed by atoms with Crippen molar-refractivity contribution in [3.63, 3.8) is 0 Å². The highest BCUT2D eigenvalue weighted by Gasteiger charge is 2.27. The average molecular weight is 330 g/mol. The molecule has 1 aromatic rings. The zero-order valence-corrected chi connectivity index (χ0v) is 11.5. The van der Waals surface area contributed by atoms with E-state index in [0.717, 1.165) is 4.68 Å². The molecule has 0 aliphatic heterocycles. The van der Waals surface area contributed by atoms with Gasteiger partial charge in [0.25, 0.3) is 0 Å². The molecule has 21 heavy (non-hydrogen) atoms. The maximum absolute atomic E-state index is 11.9. The molecule has 1 rings (SSSR count). The minimum absolute atomic E-state index is 0.163. The summed E-state index contributed by atoms with van der Waals surface area (Å²) in [5, 5.41) is 15.5. The van der Waals surface area contributed by atoms with Crippen LogP contribution in [-0.2, 0) is 27.9 Å². The molecule has 2 N–H and O–H groups in total. The Kier molecular flexibility index (Phi) is 5.66. The fourth-order valence-corrected chi connectivity index (χ4v) is 2.39. The van der Waals surface area contributed by atoms with Gasteiger partial charge >= 0.3 is 12.1 Å². The van der Waals surface area contributed by atoms with E-state index in [9.17, 15) is 26.4 Å². The van der Waals surface area contributed by atoms with Crippen LogP contribution in [0.3, 0.4) is 0 Å². The number of sulfonamides is 1. The number of halogens is 3. The van der Waals surface area contributed by atoms with Crippen molar-refractivity contribution in [2.24, 2.45) is 0 Å². The van der Waals surface area contributed by atoms with Crippen LogP contribution in [-0.4, -0.2) is 46.4 Å². The van der Waals surface area contributed by atoms with Gasteiger partial charge in [-0.15, -0.1) is 5.10 Å². The average Bonchev–Trinajstić information content (AvgIpc) is 2.71. The normalized spacial score (nSPS) is 12.5. The zero-order valence-electron chi connectivity index (χ0n) is 10.7. The van der Waals surface area contributed by atoms with Gasteiger partial charge in [0.05, 0.1) is 24.2 Å². The SMILES string of the molecule is O=C(O)Cn1cc(CNS(=O)(=O)CCCC(F)(F)F)nn1. The van der Waals surface area contributed by atoms with Gasteiger partial charge in [0.15, 0.2) is 0 Å². The number of alkyl halides is 3. The van der Waals surface area contributed by atoms with Gasteiger partial charge < -0.3 is 5.11 Å². The predicted octanol–water partition coefficient (Wildman–Crippen LogP) is 0.125. The first-order valence-corrected chi connectivity index (χ1v) is 7.37. The Morgan fingerprint density at radius 2 is 2.10 bits per heavy atom. The van der Waals surface area contributed by atoms with Crippen molar-refractivity contribution in [3.8, 4) is 0 Å². The van der Waals surface area contributed by atoms with Crippen molar-refractivity contribution >= 4 is 16.0 Å². The molecule has 0 bridgehead atoms. The summed E-state index contributed by atoms with van der Waals surface area (Å²) in [6.07, 6.45) is -4.88. The van der Waals surface area contributed by atoms with E-state index in [0.29, 0.717) is 0 Å². The van der Waals surface area contributed by atoms with Crippen LogP contribution in [0.1, 0.15) is 18.5 Å². The van der Waals surface area contributed by atoms with Crippen molar-refractivity contribution in [1.29, 1.82) is 0 Å². The van der Waals surface area contributed by atoms with Crippen molar-refractivity contribution in [2.45, 2.75) is 32.1 Å². The molecule has 0 spiro atoms. The summed E-state index contributed by atoms with van der Waals surface area (Å²) in [5.74, 6) is -1.80. The lowest BCUT2D eigenvalue weighted by molar-refractivity contribution is -0.138. The molecule has 0 radical (unpaired) electrons. The third-order valence-corrected chi connectivity index (χ3v) is 3.64. The number of nitrogens with one attached hydrogen (secondary N) is 1. The van der Waals surface area contributed by atoms with E-state index in [1.165, 1.54) is 6.20 Å². The second-order valence-corrected chi connectivity index (χ2v) is 6.09. The zero-order chi connectivity index (χ0) is 16.1. The van der Waals surface area contributed by atoms with Crippen LogP contribution in [0.5, 0.6) is 0 Å². The molecule has 120 valence electrons. The van der Waals surface area contributed by atoms with Crippen LogP contribution >= 0.6 is 0 Å². The first-order valence-electron chi connectivity index (χ1n) is 5.72. The third-order valence-electron chi connectivity index (χ3n) is 2.23. The van der Waals surface area contributed by atoms with Crippen LogP contribution in [0.15, 0.2) is 6.20 Å². The lowest BCUT2D eigenvalue weighted by Crippen LogP contribution is -2.26. The Labute approximate surface area is 118 Å². The van der Waals surface area contributed by atoms with Crippen LogP contribution in [0.4, 0.5) is 13.2 Å². The van der Waals surface area contributed by atoms with Gasteiger partial charge in [-0.05, 0) is 6.42 Å². The van der Waals surface area contributed by atoms with E-state index in [-0.39, 0.29) is 12.2 Å². The minimum atomic E-state index is -4.39. The molecule has 8 nitrogen and oxygen atoms in total. The third kappa shape index (κ3) is 7.60. The summed E-state index contributed by atoms with van der Waals surface area (Å²) in [5.41, 5.74) is 0.163. The predicted molar refractivity (Wildman–Crippen MR) is 63.6 cm³/mol. The first-order chi connectivity index (χ1) is 9.57. The Bertz CT molecular complexity index is 584. The van der Waals surface area contributed by atoms with Gasteiger partial charge in [-0.1, -0.05) is 5.21 Å². The van der Waals surface area contributed by atoms with Crippen LogP contribution in [0.2, 0.25) is 0 Å². The quantitative estimate of drug-likeness (QED) is 0.700. The number of hydrogen-bond donors (Lipinski definition) is 2. The summed E-state index contributed by atoms with van der Waals surface area (Å²) >= 11 is 0. The second kappa shape index (κ2) is 6.85. The molecule has 1 heterocycles. The highest BCUT2D eigenvalue weighted by molar-refractivity contribution is 7.89. The Hall–Kier alpha value is -1.69. The van der Waals surface area contributed by atoms with Gasteiger partial charge in [-0.25, -0.2) is 17.8 Å². The van der Waals surface area contributed by atoms with Crippen molar-refractivity contribution in [2.75, 3.05) is 5.75 Å². The summed E-state index contributed by atoms with van der Waals surface area (Å²) in [4.78, 5) is 10.4. The molecule has 0 aliphatic carbocycles. The maximum Gasteiger partial charge on any atom is 0.389 e. The van der Waals surface area contributed by atoms with E-state index in [4.69, 9.17) is 5.11 Å². The molecule has 0 saturated carbocycles. The summed E-state index contributed by atoms with van der Waals surface area (Å²) < 4.78 is 61.7. The topological polar surface area (TPSA) is 114 Å². The van der Waals surface area contributed by atoms with E-state index in [1.54, 1.807) is 0 Å². The molecule has 1 aromatic heterocycles. The molecular weight excluding hydrogens is 317 g/mol. The van der Waals surface area contributed by atoms with Crippen molar-refractivity contribution in [1.82, 2.24) is 19.7 Å². The molecule has 0 amide bonds. The van der Waals surface area contributed by atoms with E-state index in [1.807, 2.05) is 0 Å². The highest BCUT2D eigenvalue weighted by atomic mass is 32.2. The van der Waals surface area contributed by atoms with E-state index < -0.39 is 47.3 Å². The molecule has 0 saturated heterocycles. The second-order valence-electron chi connectivity index (χ2n) is 4.16. The molecule has 0 aliphatic rings. The fraction of sp³-hybridized carbons (Fsp3) is 0.667. The number of carboxylic acid groups (broad SMARTS) is 1. The molecular formula is C9H13F3N4O4S. The Balaban J connectivity index is 2.42. The summed E-state index contributed by atoms with van der Waals surface area (Å²) in [7, 11) is -3.86. The molecule has 0 atom stereocenters. The van der Waals surface area contributed by atoms with E-state index in [2.05, 4.69) is 15.0 Å². The smallest absolute Gasteiger partial charge is 0.389 e.